The Labute approximate surface area is 177 Å². The van der Waals surface area contributed by atoms with E-state index in [9.17, 15) is 9.59 Å². The molecule has 0 fully saturated rings. The average Bonchev–Trinajstić information content (AvgIpc) is 3.07. The van der Waals surface area contributed by atoms with Crippen molar-refractivity contribution >= 4 is 11.6 Å². The fourth-order valence-corrected chi connectivity index (χ4v) is 3.60. The van der Waals surface area contributed by atoms with Crippen LogP contribution in [0.25, 0.3) is 0 Å². The molecule has 0 saturated carbocycles. The first-order chi connectivity index (χ1) is 14.3. The minimum atomic E-state index is -0.390. The van der Waals surface area contributed by atoms with E-state index in [0.29, 0.717) is 24.3 Å². The lowest BCUT2D eigenvalue weighted by Gasteiger charge is -2.21. The topological polar surface area (TPSA) is 72.2 Å². The highest BCUT2D eigenvalue weighted by Gasteiger charge is 2.19. The molecule has 1 aromatic carbocycles. The van der Waals surface area contributed by atoms with Gasteiger partial charge in [0.15, 0.2) is 0 Å². The van der Waals surface area contributed by atoms with Gasteiger partial charge in [0.25, 0.3) is 11.5 Å². The molecule has 1 atom stereocenters. The number of imidazole rings is 1. The summed E-state index contributed by atoms with van der Waals surface area (Å²) in [6.45, 7) is 6.99. The van der Waals surface area contributed by atoms with E-state index in [4.69, 9.17) is 0 Å². The lowest BCUT2D eigenvalue weighted by Crippen LogP contribution is -2.35. The van der Waals surface area contributed by atoms with Gasteiger partial charge in [0.1, 0.15) is 11.4 Å². The quantitative estimate of drug-likeness (QED) is 0.653. The van der Waals surface area contributed by atoms with Crippen molar-refractivity contribution in [2.24, 2.45) is 0 Å². The predicted octanol–water partition coefficient (Wildman–Crippen LogP) is 3.08. The molecule has 3 aromatic rings. The number of hydrogen-bond acceptors (Lipinski definition) is 4. The third kappa shape index (κ3) is 4.68. The number of amides is 1. The van der Waals surface area contributed by atoms with Gasteiger partial charge in [0.05, 0.1) is 6.54 Å². The van der Waals surface area contributed by atoms with Crippen LogP contribution in [-0.2, 0) is 6.54 Å². The van der Waals surface area contributed by atoms with Crippen LogP contribution in [0.2, 0.25) is 0 Å². The summed E-state index contributed by atoms with van der Waals surface area (Å²) in [6.07, 6.45) is 5.42. The summed E-state index contributed by atoms with van der Waals surface area (Å²) in [7, 11) is 3.92. The SMILES string of the molecule is Cc1ccn(C(C)CN(C)C)c(=O)c1C(=O)Nc1ccccc1Cn1ccnc1C. The molecule has 3 rings (SSSR count). The highest BCUT2D eigenvalue weighted by molar-refractivity contribution is 6.05. The number of carbonyl (C=O) groups is 1. The van der Waals surface area contributed by atoms with Crippen LogP contribution >= 0.6 is 0 Å². The number of likely N-dealkylation sites (N-methyl/N-ethyl adjacent to an activating group) is 1. The maximum atomic E-state index is 13.1. The van der Waals surface area contributed by atoms with Crippen LogP contribution in [0.4, 0.5) is 5.69 Å². The van der Waals surface area contributed by atoms with Crippen molar-refractivity contribution in [3.63, 3.8) is 0 Å². The molecule has 7 heteroatoms. The molecule has 0 bridgehead atoms. The first-order valence-corrected chi connectivity index (χ1v) is 10.0. The number of para-hydroxylation sites is 1. The fraction of sp³-hybridized carbons (Fsp3) is 0.348. The van der Waals surface area contributed by atoms with Crippen LogP contribution in [0.3, 0.4) is 0 Å². The molecule has 30 heavy (non-hydrogen) atoms. The number of hydrogen-bond donors (Lipinski definition) is 1. The Kier molecular flexibility index (Phi) is 6.52. The second kappa shape index (κ2) is 9.09. The van der Waals surface area contributed by atoms with Crippen LogP contribution in [-0.4, -0.2) is 45.6 Å². The van der Waals surface area contributed by atoms with Gasteiger partial charge in [0.2, 0.25) is 0 Å². The molecule has 1 unspecified atom stereocenters. The number of carbonyl (C=O) groups excluding carboxylic acids is 1. The Balaban J connectivity index is 1.90. The third-order valence-corrected chi connectivity index (χ3v) is 5.19. The zero-order valence-electron chi connectivity index (χ0n) is 18.2. The Hall–Kier alpha value is -3.19. The molecule has 0 aliphatic heterocycles. The van der Waals surface area contributed by atoms with Crippen molar-refractivity contribution in [1.82, 2.24) is 19.0 Å². The Morgan fingerprint density at radius 1 is 1.17 bits per heavy atom. The number of nitrogens with zero attached hydrogens (tertiary/aromatic N) is 4. The zero-order valence-corrected chi connectivity index (χ0v) is 18.2. The van der Waals surface area contributed by atoms with Crippen molar-refractivity contribution in [3.8, 4) is 0 Å². The van der Waals surface area contributed by atoms with E-state index >= 15 is 0 Å². The van der Waals surface area contributed by atoms with Gasteiger partial charge in [0, 0.05) is 36.9 Å². The smallest absolute Gasteiger partial charge is 0.263 e. The van der Waals surface area contributed by atoms with E-state index in [-0.39, 0.29) is 17.2 Å². The van der Waals surface area contributed by atoms with Gasteiger partial charge in [-0.25, -0.2) is 4.98 Å². The number of aromatic nitrogens is 3. The van der Waals surface area contributed by atoms with Gasteiger partial charge in [-0.05, 0) is 58.1 Å². The summed E-state index contributed by atoms with van der Waals surface area (Å²) in [6, 6.07) is 9.39. The molecular weight excluding hydrogens is 378 g/mol. The molecule has 1 amide bonds. The Morgan fingerprint density at radius 3 is 2.57 bits per heavy atom. The summed E-state index contributed by atoms with van der Waals surface area (Å²) >= 11 is 0. The number of benzene rings is 1. The lowest BCUT2D eigenvalue weighted by molar-refractivity contribution is 0.102. The maximum Gasteiger partial charge on any atom is 0.263 e. The molecule has 0 saturated heterocycles. The number of aryl methyl sites for hydroxylation is 2. The highest BCUT2D eigenvalue weighted by Crippen LogP contribution is 2.19. The van der Waals surface area contributed by atoms with Crippen molar-refractivity contribution in [2.45, 2.75) is 33.4 Å². The summed E-state index contributed by atoms with van der Waals surface area (Å²) < 4.78 is 3.64. The molecule has 0 radical (unpaired) electrons. The minimum Gasteiger partial charge on any atom is -0.331 e. The van der Waals surface area contributed by atoms with Gasteiger partial charge in [-0.1, -0.05) is 18.2 Å². The van der Waals surface area contributed by atoms with Gasteiger partial charge >= 0.3 is 0 Å². The third-order valence-electron chi connectivity index (χ3n) is 5.19. The number of anilines is 1. The fourth-order valence-electron chi connectivity index (χ4n) is 3.60. The van der Waals surface area contributed by atoms with E-state index in [2.05, 4.69) is 10.3 Å². The molecule has 1 N–H and O–H groups in total. The van der Waals surface area contributed by atoms with Gasteiger partial charge < -0.3 is 19.4 Å². The van der Waals surface area contributed by atoms with Crippen molar-refractivity contribution in [1.29, 1.82) is 0 Å². The lowest BCUT2D eigenvalue weighted by atomic mass is 10.1. The average molecular weight is 408 g/mol. The maximum absolute atomic E-state index is 13.1. The second-order valence-corrected chi connectivity index (χ2v) is 7.91. The first-order valence-electron chi connectivity index (χ1n) is 10.0. The normalized spacial score (nSPS) is 12.2. The first kappa shape index (κ1) is 21.5. The van der Waals surface area contributed by atoms with Crippen molar-refractivity contribution in [2.75, 3.05) is 26.0 Å². The number of rotatable bonds is 7. The minimum absolute atomic E-state index is 0.0452. The Bertz CT molecular complexity index is 1100. The second-order valence-electron chi connectivity index (χ2n) is 7.91. The van der Waals surface area contributed by atoms with Crippen molar-refractivity contribution in [3.05, 3.63) is 81.8 Å². The van der Waals surface area contributed by atoms with Crippen molar-refractivity contribution < 1.29 is 4.79 Å². The van der Waals surface area contributed by atoms with E-state index in [1.807, 2.05) is 73.9 Å². The molecule has 0 aliphatic carbocycles. The van der Waals surface area contributed by atoms with Gasteiger partial charge in [-0.2, -0.15) is 0 Å². The van der Waals surface area contributed by atoms with E-state index in [0.717, 1.165) is 11.4 Å². The summed E-state index contributed by atoms with van der Waals surface area (Å²) in [5.74, 6) is 0.506. The summed E-state index contributed by atoms with van der Waals surface area (Å²) in [5, 5.41) is 2.95. The molecule has 7 nitrogen and oxygen atoms in total. The van der Waals surface area contributed by atoms with E-state index < -0.39 is 5.91 Å². The molecule has 2 aromatic heterocycles. The molecule has 2 heterocycles. The van der Waals surface area contributed by atoms with Crippen LogP contribution in [0.5, 0.6) is 0 Å². The van der Waals surface area contributed by atoms with Crippen LogP contribution in [0, 0.1) is 13.8 Å². The number of nitrogens with one attached hydrogen (secondary N) is 1. The standard InChI is InChI=1S/C23H29N5O2/c1-16-10-12-28(17(2)14-26(4)5)23(30)21(16)22(29)25-20-9-7-6-8-19(20)15-27-13-11-24-18(27)3/h6-13,17H,14-15H2,1-5H3,(H,25,29). The van der Waals surface area contributed by atoms with Crippen LogP contribution in [0.1, 0.15) is 40.3 Å². The van der Waals surface area contributed by atoms with E-state index in [1.165, 1.54) is 0 Å². The summed E-state index contributed by atoms with van der Waals surface area (Å²) in [4.78, 5) is 32.5. The molecular formula is C23H29N5O2. The van der Waals surface area contributed by atoms with Gasteiger partial charge in [-0.15, -0.1) is 0 Å². The Morgan fingerprint density at radius 2 is 1.90 bits per heavy atom. The number of pyridine rings is 1. The van der Waals surface area contributed by atoms with E-state index in [1.54, 1.807) is 23.9 Å². The van der Waals surface area contributed by atoms with Crippen LogP contribution < -0.4 is 10.9 Å². The summed E-state index contributed by atoms with van der Waals surface area (Å²) in [5.41, 5.74) is 2.20. The largest absolute Gasteiger partial charge is 0.331 e. The van der Waals surface area contributed by atoms with Gasteiger partial charge in [-0.3, -0.25) is 9.59 Å². The molecule has 0 aliphatic rings. The highest BCUT2D eigenvalue weighted by atomic mass is 16.2. The predicted molar refractivity (Wildman–Crippen MR) is 119 cm³/mol. The molecule has 158 valence electrons. The molecule has 0 spiro atoms. The van der Waals surface area contributed by atoms with Crippen LogP contribution in [0.15, 0.2) is 53.7 Å². The zero-order chi connectivity index (χ0) is 21.8. The monoisotopic (exact) mass is 407 g/mol.